The molecule has 3 rings (SSSR count). The summed E-state index contributed by atoms with van der Waals surface area (Å²) < 4.78 is 0. The third-order valence-electron chi connectivity index (χ3n) is 3.79. The van der Waals surface area contributed by atoms with E-state index in [9.17, 15) is 10.4 Å². The van der Waals surface area contributed by atoms with Crippen LogP contribution in [0.1, 0.15) is 16.7 Å². The van der Waals surface area contributed by atoms with Crippen LogP contribution >= 0.6 is 0 Å². The van der Waals surface area contributed by atoms with Crippen LogP contribution in [0.25, 0.3) is 5.57 Å². The second kappa shape index (κ2) is 5.34. The molecule has 2 aromatic carbocycles. The number of aliphatic hydroxyl groups excluding tert-OH is 1. The maximum atomic E-state index is 10.3. The summed E-state index contributed by atoms with van der Waals surface area (Å²) in [6.07, 6.45) is 0. The molecule has 3 nitrogen and oxygen atoms in total. The van der Waals surface area contributed by atoms with E-state index in [1.54, 1.807) is 0 Å². The number of nitrogens with zero attached hydrogens (tertiary/aromatic N) is 2. The Morgan fingerprint density at radius 1 is 1.05 bits per heavy atom. The Kier molecular flexibility index (Phi) is 3.37. The summed E-state index contributed by atoms with van der Waals surface area (Å²) in [7, 11) is 0. The summed E-state index contributed by atoms with van der Waals surface area (Å²) in [5.41, 5.74) is 4.50. The van der Waals surface area contributed by atoms with Crippen molar-refractivity contribution in [2.24, 2.45) is 0 Å². The minimum atomic E-state index is 0.128. The molecule has 3 heteroatoms. The quantitative estimate of drug-likeness (QED) is 0.861. The average molecular weight is 276 g/mol. The van der Waals surface area contributed by atoms with Crippen molar-refractivity contribution >= 4 is 11.3 Å². The van der Waals surface area contributed by atoms with Crippen LogP contribution in [0, 0.1) is 18.3 Å². The van der Waals surface area contributed by atoms with Gasteiger partial charge in [0.15, 0.2) is 0 Å². The maximum Gasteiger partial charge on any atom is 0.130 e. The van der Waals surface area contributed by atoms with E-state index in [0.29, 0.717) is 18.7 Å². The van der Waals surface area contributed by atoms with Crippen molar-refractivity contribution < 1.29 is 5.11 Å². The third kappa shape index (κ3) is 2.48. The fourth-order valence-electron chi connectivity index (χ4n) is 2.64. The molecule has 0 radical (unpaired) electrons. The van der Waals surface area contributed by atoms with E-state index in [-0.39, 0.29) is 5.76 Å². The minimum absolute atomic E-state index is 0.128. The first-order chi connectivity index (χ1) is 10.2. The van der Waals surface area contributed by atoms with E-state index in [0.717, 1.165) is 16.8 Å². The van der Waals surface area contributed by atoms with Crippen molar-refractivity contribution in [2.75, 3.05) is 11.4 Å². The topological polar surface area (TPSA) is 47.3 Å². The Morgan fingerprint density at radius 2 is 1.76 bits per heavy atom. The van der Waals surface area contributed by atoms with E-state index >= 15 is 0 Å². The number of fused-ring (bicyclic) bond motifs is 1. The van der Waals surface area contributed by atoms with E-state index < -0.39 is 0 Å². The molecule has 0 atom stereocenters. The van der Waals surface area contributed by atoms with Crippen LogP contribution in [0.5, 0.6) is 0 Å². The predicted octanol–water partition coefficient (Wildman–Crippen LogP) is 3.81. The van der Waals surface area contributed by atoms with Crippen LogP contribution in [0.4, 0.5) is 5.69 Å². The molecule has 1 N–H and O–H groups in total. The van der Waals surface area contributed by atoms with Gasteiger partial charge in [0.2, 0.25) is 0 Å². The van der Waals surface area contributed by atoms with E-state index in [1.807, 2.05) is 43.3 Å². The van der Waals surface area contributed by atoms with E-state index in [2.05, 4.69) is 23.1 Å². The molecule has 0 bridgehead atoms. The lowest BCUT2D eigenvalue weighted by Crippen LogP contribution is -2.24. The minimum Gasteiger partial charge on any atom is -0.509 e. The zero-order valence-electron chi connectivity index (χ0n) is 11.9. The molecule has 0 saturated carbocycles. The molecule has 0 saturated heterocycles. The molecule has 21 heavy (non-hydrogen) atoms. The van der Waals surface area contributed by atoms with Crippen molar-refractivity contribution in [1.82, 2.24) is 0 Å². The van der Waals surface area contributed by atoms with Crippen molar-refractivity contribution in [3.63, 3.8) is 0 Å². The Hall–Kier alpha value is -2.73. The van der Waals surface area contributed by atoms with Gasteiger partial charge in [-0.25, -0.2) is 0 Å². The van der Waals surface area contributed by atoms with Crippen LogP contribution in [0.2, 0.25) is 0 Å². The fourth-order valence-corrected chi connectivity index (χ4v) is 2.64. The number of benzene rings is 2. The Morgan fingerprint density at radius 3 is 2.48 bits per heavy atom. The van der Waals surface area contributed by atoms with Gasteiger partial charge in [-0.15, -0.1) is 0 Å². The first-order valence-electron chi connectivity index (χ1n) is 6.91. The molecule has 0 amide bonds. The molecule has 0 aromatic heterocycles. The monoisotopic (exact) mass is 276 g/mol. The van der Waals surface area contributed by atoms with Gasteiger partial charge in [0.05, 0.1) is 12.1 Å². The SMILES string of the molecule is Cc1ccc(N2CC(O)=C(C#N)c3ccccc3C2)cc1. The average Bonchev–Trinajstić information content (AvgIpc) is 2.63. The van der Waals surface area contributed by atoms with Gasteiger partial charge in [0.1, 0.15) is 11.8 Å². The summed E-state index contributed by atoms with van der Waals surface area (Å²) in [6, 6.07) is 18.1. The summed E-state index contributed by atoms with van der Waals surface area (Å²) in [6.45, 7) is 3.07. The van der Waals surface area contributed by atoms with Gasteiger partial charge in [-0.1, -0.05) is 42.0 Å². The number of hydrogen-bond acceptors (Lipinski definition) is 3. The van der Waals surface area contributed by atoms with Gasteiger partial charge in [-0.3, -0.25) is 0 Å². The predicted molar refractivity (Wildman–Crippen MR) is 83.8 cm³/mol. The second-order valence-electron chi connectivity index (χ2n) is 5.28. The largest absolute Gasteiger partial charge is 0.509 e. The van der Waals surface area contributed by atoms with Crippen molar-refractivity contribution in [2.45, 2.75) is 13.5 Å². The zero-order valence-corrected chi connectivity index (χ0v) is 11.9. The summed E-state index contributed by atoms with van der Waals surface area (Å²) >= 11 is 0. The van der Waals surface area contributed by atoms with Gasteiger partial charge in [-0.05, 0) is 24.6 Å². The van der Waals surface area contributed by atoms with Crippen molar-refractivity contribution in [3.05, 3.63) is 71.0 Å². The molecule has 104 valence electrons. The smallest absolute Gasteiger partial charge is 0.130 e. The Labute approximate surface area is 124 Å². The van der Waals surface area contributed by atoms with Gasteiger partial charge < -0.3 is 10.0 Å². The van der Waals surface area contributed by atoms with Crippen LogP contribution in [0.15, 0.2) is 54.3 Å². The molecular weight excluding hydrogens is 260 g/mol. The molecule has 1 aliphatic rings. The molecule has 0 unspecified atom stereocenters. The molecule has 1 aliphatic heterocycles. The van der Waals surface area contributed by atoms with Gasteiger partial charge in [0, 0.05) is 17.8 Å². The normalized spacial score (nSPS) is 14.4. The molecular formula is C18H16N2O. The molecule has 0 aliphatic carbocycles. The van der Waals surface area contributed by atoms with Gasteiger partial charge in [0.25, 0.3) is 0 Å². The summed E-state index contributed by atoms with van der Waals surface area (Å²) in [4.78, 5) is 2.08. The Balaban J connectivity index is 2.07. The molecule has 0 spiro atoms. The summed E-state index contributed by atoms with van der Waals surface area (Å²) in [5, 5.41) is 19.6. The van der Waals surface area contributed by atoms with Crippen LogP contribution < -0.4 is 4.90 Å². The highest BCUT2D eigenvalue weighted by Gasteiger charge is 2.21. The third-order valence-corrected chi connectivity index (χ3v) is 3.79. The first-order valence-corrected chi connectivity index (χ1v) is 6.91. The van der Waals surface area contributed by atoms with Gasteiger partial charge >= 0.3 is 0 Å². The second-order valence-corrected chi connectivity index (χ2v) is 5.28. The lowest BCUT2D eigenvalue weighted by atomic mass is 10.0. The Bertz CT molecular complexity index is 739. The summed E-state index contributed by atoms with van der Waals surface area (Å²) in [5.74, 6) is 0.128. The number of rotatable bonds is 1. The lowest BCUT2D eigenvalue weighted by molar-refractivity contribution is 0.403. The highest BCUT2D eigenvalue weighted by Crippen LogP contribution is 2.29. The zero-order chi connectivity index (χ0) is 14.8. The highest BCUT2D eigenvalue weighted by molar-refractivity contribution is 5.81. The number of aryl methyl sites for hydroxylation is 1. The van der Waals surface area contributed by atoms with Crippen LogP contribution in [-0.4, -0.2) is 11.7 Å². The van der Waals surface area contributed by atoms with Crippen LogP contribution in [0.3, 0.4) is 0 Å². The van der Waals surface area contributed by atoms with E-state index in [1.165, 1.54) is 5.56 Å². The first kappa shape index (κ1) is 13.3. The lowest BCUT2D eigenvalue weighted by Gasteiger charge is -2.23. The number of anilines is 1. The number of hydrogen-bond donors (Lipinski definition) is 1. The maximum absolute atomic E-state index is 10.3. The molecule has 2 aromatic rings. The number of allylic oxidation sites excluding steroid dienone is 1. The van der Waals surface area contributed by atoms with Crippen LogP contribution in [-0.2, 0) is 6.54 Å². The van der Waals surface area contributed by atoms with Gasteiger partial charge in [-0.2, -0.15) is 5.26 Å². The molecule has 0 fully saturated rings. The standard InChI is InChI=1S/C18H16N2O/c1-13-6-8-15(9-7-13)20-11-14-4-2-3-5-16(14)17(10-19)18(21)12-20/h2-9,21H,11-12H2,1H3. The van der Waals surface area contributed by atoms with Crippen molar-refractivity contribution in [3.8, 4) is 6.07 Å². The number of nitriles is 1. The number of aliphatic hydroxyl groups is 1. The fraction of sp³-hybridized carbons (Fsp3) is 0.167. The highest BCUT2D eigenvalue weighted by atomic mass is 16.3. The van der Waals surface area contributed by atoms with E-state index in [4.69, 9.17) is 0 Å². The molecule has 1 heterocycles. The van der Waals surface area contributed by atoms with Crippen molar-refractivity contribution in [1.29, 1.82) is 5.26 Å².